The molecule has 0 radical (unpaired) electrons. The molecule has 18 heteroatoms. The topological polar surface area (TPSA) is 203 Å². The highest BCUT2D eigenvalue weighted by Crippen LogP contribution is 2.32. The highest BCUT2D eigenvalue weighted by molar-refractivity contribution is 6.35. The van der Waals surface area contributed by atoms with Crippen LogP contribution in [-0.4, -0.2) is 139 Å². The molecule has 0 bridgehead atoms. The van der Waals surface area contributed by atoms with Crippen LogP contribution in [0.3, 0.4) is 0 Å². The van der Waals surface area contributed by atoms with E-state index < -0.39 is 11.9 Å². The van der Waals surface area contributed by atoms with Crippen molar-refractivity contribution in [2.24, 2.45) is 0 Å². The monoisotopic (exact) mass is 940 g/mol. The first-order valence-corrected chi connectivity index (χ1v) is 22.7. The maximum Gasteiger partial charge on any atom is 0.255 e. The van der Waals surface area contributed by atoms with Crippen LogP contribution in [0.15, 0.2) is 97.6 Å². The van der Waals surface area contributed by atoms with Gasteiger partial charge in [-0.1, -0.05) is 29.8 Å². The van der Waals surface area contributed by atoms with Crippen molar-refractivity contribution >= 4 is 76.4 Å². The number of piperidine rings is 1. The second-order valence-corrected chi connectivity index (χ2v) is 16.9. The van der Waals surface area contributed by atoms with E-state index in [0.717, 1.165) is 43.7 Å². The smallest absolute Gasteiger partial charge is 0.255 e. The SMILES string of the molecule is CN1CCCC(Nc2ncnc3[nH]cc(C(=O)c4ccc(Oc5ccccc5)cc4Cl)c23)C1.CNC(=O)C(CCC=O)N(C)C(=O)c1ccc(N2CCN(c3ccc(C=O)cn3)CC2)cc1C=O. The Bertz CT molecular complexity index is 2750. The molecule has 3 N–H and O–H groups in total. The molecule has 2 aliphatic heterocycles. The maximum atomic E-state index is 13.5. The molecule has 8 rings (SSSR count). The van der Waals surface area contributed by atoms with Gasteiger partial charge in [-0.05, 0) is 87.5 Å². The summed E-state index contributed by atoms with van der Waals surface area (Å²) >= 11 is 6.51. The molecule has 68 heavy (non-hydrogen) atoms. The summed E-state index contributed by atoms with van der Waals surface area (Å²) in [4.78, 5) is 96.3. The molecule has 6 aromatic rings. The predicted molar refractivity (Wildman–Crippen MR) is 261 cm³/mol. The normalized spacial score (nSPS) is 15.3. The summed E-state index contributed by atoms with van der Waals surface area (Å²) in [6.07, 6.45) is 9.33. The van der Waals surface area contributed by atoms with E-state index in [4.69, 9.17) is 16.3 Å². The number of benzene rings is 3. The van der Waals surface area contributed by atoms with Gasteiger partial charge >= 0.3 is 0 Å². The van der Waals surface area contributed by atoms with E-state index >= 15 is 0 Å². The summed E-state index contributed by atoms with van der Waals surface area (Å²) in [7, 11) is 5.07. The first-order valence-electron chi connectivity index (χ1n) is 22.3. The summed E-state index contributed by atoms with van der Waals surface area (Å²) in [5, 5.41) is 7.03. The molecule has 2 amide bonds. The fraction of sp³-hybridized carbons (Fsp3) is 0.300. The lowest BCUT2D eigenvalue weighted by Gasteiger charge is -2.37. The number of nitrogens with one attached hydrogen (secondary N) is 3. The van der Waals surface area contributed by atoms with Gasteiger partial charge in [-0.25, -0.2) is 15.0 Å². The number of ketones is 1. The third-order valence-electron chi connectivity index (χ3n) is 12.0. The van der Waals surface area contributed by atoms with Gasteiger partial charge in [0, 0.05) is 100 Å². The second kappa shape index (κ2) is 22.8. The van der Waals surface area contributed by atoms with Crippen molar-refractivity contribution in [3.8, 4) is 11.5 Å². The number of para-hydroxylation sites is 1. The molecule has 5 heterocycles. The van der Waals surface area contributed by atoms with Gasteiger partial charge in [0.15, 0.2) is 18.4 Å². The number of hydrogen-bond donors (Lipinski definition) is 3. The quantitative estimate of drug-likeness (QED) is 0.0717. The fourth-order valence-electron chi connectivity index (χ4n) is 8.35. The van der Waals surface area contributed by atoms with E-state index in [0.29, 0.717) is 88.8 Å². The van der Waals surface area contributed by atoms with Gasteiger partial charge < -0.3 is 44.7 Å². The van der Waals surface area contributed by atoms with Crippen molar-refractivity contribution in [3.63, 3.8) is 0 Å². The van der Waals surface area contributed by atoms with Crippen LogP contribution in [0.1, 0.15) is 72.7 Å². The van der Waals surface area contributed by atoms with Gasteiger partial charge in [0.1, 0.15) is 47.4 Å². The minimum atomic E-state index is -0.820. The van der Waals surface area contributed by atoms with Gasteiger partial charge in [0.05, 0.1) is 21.5 Å². The minimum Gasteiger partial charge on any atom is -0.457 e. The summed E-state index contributed by atoms with van der Waals surface area (Å²) in [5.41, 5.74) is 3.27. The van der Waals surface area contributed by atoms with Gasteiger partial charge in [-0.2, -0.15) is 0 Å². The van der Waals surface area contributed by atoms with Crippen LogP contribution in [0, 0.1) is 0 Å². The number of amides is 2. The minimum absolute atomic E-state index is 0.137. The molecule has 2 aliphatic rings. The third-order valence-corrected chi connectivity index (χ3v) is 12.3. The van der Waals surface area contributed by atoms with Crippen LogP contribution in [0.25, 0.3) is 11.0 Å². The van der Waals surface area contributed by atoms with Gasteiger partial charge in [0.2, 0.25) is 5.91 Å². The molecule has 3 aromatic carbocycles. The Morgan fingerprint density at radius 1 is 0.882 bits per heavy atom. The molecule has 2 atom stereocenters. The van der Waals surface area contributed by atoms with Gasteiger partial charge in [-0.15, -0.1) is 0 Å². The van der Waals surface area contributed by atoms with E-state index in [-0.39, 0.29) is 41.7 Å². The Balaban J connectivity index is 0.000000201. The predicted octanol–water partition coefficient (Wildman–Crippen LogP) is 6.34. The Morgan fingerprint density at radius 2 is 1.65 bits per heavy atom. The highest BCUT2D eigenvalue weighted by Gasteiger charge is 2.29. The number of aromatic nitrogens is 4. The zero-order valence-electron chi connectivity index (χ0n) is 38.1. The lowest BCUT2D eigenvalue weighted by molar-refractivity contribution is -0.125. The van der Waals surface area contributed by atoms with Gasteiger partial charge in [0.25, 0.3) is 5.91 Å². The molecule has 2 unspecified atom stereocenters. The number of rotatable bonds is 16. The number of ether oxygens (including phenoxy) is 1. The standard InChI is InChI=1S/C25H24ClN5O2.C25H29N5O5/c1-31-11-5-6-16(14-31)30-25-22-20(13-27-24(22)28-15-29-25)23(32)19-10-9-18(12-21(19)26)33-17-7-3-2-4-8-17;1-26-24(34)22(4-3-13-31)28(2)25(35)21-7-6-20(14-19(21)17-33)29-9-11-30(12-10-29)23-8-5-18(16-32)15-27-23/h2-4,7-10,12-13,15-16H,5-6,11,14H2,1H3,(H2,27,28,29,30);5-8,13-17,22H,3-4,9-12H2,1-2H3,(H,26,34). The third kappa shape index (κ3) is 11.5. The van der Waals surface area contributed by atoms with Crippen LogP contribution < -0.4 is 25.2 Å². The van der Waals surface area contributed by atoms with Crippen LogP contribution in [0.4, 0.5) is 17.3 Å². The number of pyridine rings is 1. The number of nitrogens with zero attached hydrogens (tertiary/aromatic N) is 7. The average Bonchev–Trinajstić information content (AvgIpc) is 3.82. The fourth-order valence-corrected chi connectivity index (χ4v) is 8.61. The summed E-state index contributed by atoms with van der Waals surface area (Å²) < 4.78 is 5.83. The first kappa shape index (κ1) is 48.4. The Kier molecular flexibility index (Phi) is 16.2. The van der Waals surface area contributed by atoms with E-state index in [1.54, 1.807) is 54.9 Å². The van der Waals surface area contributed by atoms with E-state index in [1.165, 1.54) is 25.3 Å². The largest absolute Gasteiger partial charge is 0.457 e. The van der Waals surface area contributed by atoms with Crippen molar-refractivity contribution in [1.82, 2.24) is 35.1 Å². The van der Waals surface area contributed by atoms with E-state index in [1.807, 2.05) is 36.4 Å². The molecule has 17 nitrogen and oxygen atoms in total. The number of carbonyl (C=O) groups excluding carboxylic acids is 6. The number of aldehydes is 3. The zero-order valence-corrected chi connectivity index (χ0v) is 38.8. The molecule has 2 saturated heterocycles. The number of halogens is 1. The van der Waals surface area contributed by atoms with Crippen LogP contribution in [0.2, 0.25) is 5.02 Å². The van der Waals surface area contributed by atoms with Crippen LogP contribution in [0.5, 0.6) is 11.5 Å². The molecule has 3 aromatic heterocycles. The number of hydrogen-bond acceptors (Lipinski definition) is 14. The van der Waals surface area contributed by atoms with Crippen molar-refractivity contribution in [3.05, 3.63) is 130 Å². The lowest BCUT2D eigenvalue weighted by Crippen LogP contribution is -2.47. The molecule has 2 fully saturated rings. The second-order valence-electron chi connectivity index (χ2n) is 16.5. The van der Waals surface area contributed by atoms with Crippen molar-refractivity contribution in [1.29, 1.82) is 0 Å². The number of aromatic amines is 1. The molecule has 0 saturated carbocycles. The summed E-state index contributed by atoms with van der Waals surface area (Å²) in [6, 6.07) is 22.6. The number of likely N-dealkylation sites (tertiary alicyclic amines) is 1. The number of H-pyrrole nitrogens is 1. The Labute approximate surface area is 398 Å². The number of fused-ring (bicyclic) bond motifs is 1. The number of likely N-dealkylation sites (N-methyl/N-ethyl adjacent to an activating group) is 3. The number of piperazine rings is 1. The average molecular weight is 941 g/mol. The number of carbonyl (C=O) groups is 6. The zero-order chi connectivity index (χ0) is 48.2. The lowest BCUT2D eigenvalue weighted by atomic mass is 10.0. The van der Waals surface area contributed by atoms with Crippen molar-refractivity contribution in [2.45, 2.75) is 37.8 Å². The molecule has 352 valence electrons. The van der Waals surface area contributed by atoms with Crippen LogP contribution in [-0.2, 0) is 9.59 Å². The highest BCUT2D eigenvalue weighted by atomic mass is 35.5. The Morgan fingerprint density at radius 3 is 2.32 bits per heavy atom. The van der Waals surface area contributed by atoms with E-state index in [9.17, 15) is 28.8 Å². The maximum absolute atomic E-state index is 13.5. The van der Waals surface area contributed by atoms with E-state index in [2.05, 4.69) is 52.3 Å². The summed E-state index contributed by atoms with van der Waals surface area (Å²) in [5.74, 6) is 1.68. The first-order chi connectivity index (χ1) is 33.0. The van der Waals surface area contributed by atoms with Crippen LogP contribution >= 0.6 is 11.6 Å². The molecule has 0 aliphatic carbocycles. The molecular formula is C50H53ClN10O7. The summed E-state index contributed by atoms with van der Waals surface area (Å²) in [6.45, 7) is 4.80. The van der Waals surface area contributed by atoms with Crippen molar-refractivity contribution < 1.29 is 33.5 Å². The number of anilines is 3. The molecule has 0 spiro atoms. The Hall–Kier alpha value is -7.50. The van der Waals surface area contributed by atoms with Crippen molar-refractivity contribution in [2.75, 3.05) is 75.5 Å². The molecular weight excluding hydrogens is 888 g/mol. The van der Waals surface area contributed by atoms with Gasteiger partial charge in [-0.3, -0.25) is 24.0 Å².